The summed E-state index contributed by atoms with van der Waals surface area (Å²) in [5.41, 5.74) is 4.40. The largest absolute Gasteiger partial charge is 0.385 e. The van der Waals surface area contributed by atoms with Gasteiger partial charge in [-0.05, 0) is 43.1 Å². The molecule has 0 aromatic heterocycles. The average molecular weight is 248 g/mol. The quantitative estimate of drug-likeness (QED) is 0.777. The zero-order valence-electron chi connectivity index (χ0n) is 11.5. The van der Waals surface area contributed by atoms with Crippen LogP contribution in [0.5, 0.6) is 0 Å². The Kier molecular flexibility index (Phi) is 5.17. The number of rotatable bonds is 6. The second kappa shape index (κ2) is 6.88. The summed E-state index contributed by atoms with van der Waals surface area (Å²) in [5, 5.41) is 3.43. The van der Waals surface area contributed by atoms with Crippen LogP contribution in [0, 0.1) is 0 Å². The molecule has 100 valence electrons. The van der Waals surface area contributed by atoms with Crippen LogP contribution < -0.4 is 5.32 Å². The van der Waals surface area contributed by atoms with Gasteiger partial charge in [0.15, 0.2) is 0 Å². The SMILES string of the molecule is COCCCN(C)Cc1ccc2c(c1)CNCC2. The topological polar surface area (TPSA) is 24.5 Å². The fourth-order valence-electron chi connectivity index (χ4n) is 2.50. The van der Waals surface area contributed by atoms with E-state index < -0.39 is 0 Å². The molecule has 0 unspecified atom stereocenters. The first-order valence-corrected chi connectivity index (χ1v) is 6.78. The van der Waals surface area contributed by atoms with Crippen molar-refractivity contribution in [1.29, 1.82) is 0 Å². The van der Waals surface area contributed by atoms with E-state index in [1.54, 1.807) is 7.11 Å². The van der Waals surface area contributed by atoms with Crippen LogP contribution in [-0.4, -0.2) is 38.8 Å². The highest BCUT2D eigenvalue weighted by molar-refractivity contribution is 5.33. The van der Waals surface area contributed by atoms with E-state index in [1.165, 1.54) is 23.1 Å². The van der Waals surface area contributed by atoms with Gasteiger partial charge in [-0.15, -0.1) is 0 Å². The van der Waals surface area contributed by atoms with E-state index in [0.717, 1.165) is 39.2 Å². The smallest absolute Gasteiger partial charge is 0.0474 e. The summed E-state index contributed by atoms with van der Waals surface area (Å²) in [6.45, 7) is 5.10. The molecule has 2 rings (SSSR count). The Balaban J connectivity index is 1.89. The van der Waals surface area contributed by atoms with Gasteiger partial charge in [0.1, 0.15) is 0 Å². The molecule has 1 N–H and O–H groups in total. The maximum absolute atomic E-state index is 5.08. The summed E-state index contributed by atoms with van der Waals surface area (Å²) in [5.74, 6) is 0. The Morgan fingerprint density at radius 3 is 3.06 bits per heavy atom. The fourth-order valence-corrected chi connectivity index (χ4v) is 2.50. The van der Waals surface area contributed by atoms with Gasteiger partial charge in [-0.25, -0.2) is 0 Å². The van der Waals surface area contributed by atoms with E-state index in [4.69, 9.17) is 4.74 Å². The summed E-state index contributed by atoms with van der Waals surface area (Å²) >= 11 is 0. The van der Waals surface area contributed by atoms with Crippen molar-refractivity contribution in [3.8, 4) is 0 Å². The number of nitrogens with one attached hydrogen (secondary N) is 1. The van der Waals surface area contributed by atoms with Crippen molar-refractivity contribution < 1.29 is 4.74 Å². The highest BCUT2D eigenvalue weighted by atomic mass is 16.5. The van der Waals surface area contributed by atoms with Crippen molar-refractivity contribution in [2.75, 3.05) is 33.9 Å². The minimum Gasteiger partial charge on any atom is -0.385 e. The van der Waals surface area contributed by atoms with Crippen LogP contribution in [0.15, 0.2) is 18.2 Å². The molecule has 18 heavy (non-hydrogen) atoms. The Hall–Kier alpha value is -0.900. The summed E-state index contributed by atoms with van der Waals surface area (Å²) in [4.78, 5) is 2.36. The normalized spacial score (nSPS) is 14.8. The highest BCUT2D eigenvalue weighted by Crippen LogP contribution is 2.16. The zero-order chi connectivity index (χ0) is 12.8. The number of hydrogen-bond donors (Lipinski definition) is 1. The summed E-state index contributed by atoms with van der Waals surface area (Å²) in [6.07, 6.45) is 2.26. The number of ether oxygens (including phenoxy) is 1. The van der Waals surface area contributed by atoms with E-state index in [1.807, 2.05) is 0 Å². The first kappa shape index (κ1) is 13.5. The third-order valence-corrected chi connectivity index (χ3v) is 3.50. The number of nitrogens with zero attached hydrogens (tertiary/aromatic N) is 1. The standard InChI is InChI=1S/C15H24N2O/c1-17(8-3-9-18-2)12-13-4-5-14-6-7-16-11-15(14)10-13/h4-5,10,16H,3,6-9,11-12H2,1-2H3. The molecule has 1 aromatic carbocycles. The number of hydrogen-bond acceptors (Lipinski definition) is 3. The lowest BCUT2D eigenvalue weighted by molar-refractivity contribution is 0.178. The lowest BCUT2D eigenvalue weighted by atomic mass is 9.98. The number of benzene rings is 1. The predicted octanol–water partition coefficient (Wildman–Crippen LogP) is 1.80. The van der Waals surface area contributed by atoms with Crippen molar-refractivity contribution in [1.82, 2.24) is 10.2 Å². The minimum atomic E-state index is 0.846. The van der Waals surface area contributed by atoms with E-state index >= 15 is 0 Å². The zero-order valence-corrected chi connectivity index (χ0v) is 11.5. The maximum Gasteiger partial charge on any atom is 0.0474 e. The van der Waals surface area contributed by atoms with Crippen LogP contribution in [0.1, 0.15) is 23.1 Å². The van der Waals surface area contributed by atoms with Crippen LogP contribution in [0.3, 0.4) is 0 Å². The van der Waals surface area contributed by atoms with Gasteiger partial charge in [0.05, 0.1) is 0 Å². The molecule has 0 saturated carbocycles. The van der Waals surface area contributed by atoms with Gasteiger partial charge < -0.3 is 15.0 Å². The molecule has 1 heterocycles. The van der Waals surface area contributed by atoms with Crippen LogP contribution >= 0.6 is 0 Å². The van der Waals surface area contributed by atoms with Gasteiger partial charge in [-0.3, -0.25) is 0 Å². The lowest BCUT2D eigenvalue weighted by Crippen LogP contribution is -2.24. The molecule has 3 nitrogen and oxygen atoms in total. The Morgan fingerprint density at radius 1 is 1.33 bits per heavy atom. The molecule has 3 heteroatoms. The number of fused-ring (bicyclic) bond motifs is 1. The fraction of sp³-hybridized carbons (Fsp3) is 0.600. The molecule has 0 aliphatic carbocycles. The molecular formula is C15H24N2O. The Bertz CT molecular complexity index is 379. The summed E-state index contributed by atoms with van der Waals surface area (Å²) in [6, 6.07) is 6.93. The summed E-state index contributed by atoms with van der Waals surface area (Å²) in [7, 11) is 3.93. The first-order valence-electron chi connectivity index (χ1n) is 6.78. The second-order valence-corrected chi connectivity index (χ2v) is 5.11. The van der Waals surface area contributed by atoms with Crippen molar-refractivity contribution in [3.63, 3.8) is 0 Å². The van der Waals surface area contributed by atoms with Gasteiger partial charge in [0.2, 0.25) is 0 Å². The van der Waals surface area contributed by atoms with Crippen LogP contribution in [0.2, 0.25) is 0 Å². The molecule has 0 spiro atoms. The van der Waals surface area contributed by atoms with Crippen molar-refractivity contribution in [2.45, 2.75) is 25.9 Å². The van der Waals surface area contributed by atoms with E-state index in [0.29, 0.717) is 0 Å². The monoisotopic (exact) mass is 248 g/mol. The molecule has 0 radical (unpaired) electrons. The molecule has 0 bridgehead atoms. The Labute approximate surface area is 110 Å². The minimum absolute atomic E-state index is 0.846. The van der Waals surface area contributed by atoms with E-state index in [9.17, 15) is 0 Å². The highest BCUT2D eigenvalue weighted by Gasteiger charge is 2.09. The molecule has 1 aliphatic rings. The molecule has 1 aliphatic heterocycles. The van der Waals surface area contributed by atoms with Gasteiger partial charge >= 0.3 is 0 Å². The van der Waals surface area contributed by atoms with Crippen LogP contribution in [0.25, 0.3) is 0 Å². The maximum atomic E-state index is 5.08. The second-order valence-electron chi connectivity index (χ2n) is 5.11. The summed E-state index contributed by atoms with van der Waals surface area (Å²) < 4.78 is 5.08. The van der Waals surface area contributed by atoms with Crippen molar-refractivity contribution in [2.24, 2.45) is 0 Å². The van der Waals surface area contributed by atoms with Crippen LogP contribution in [0.4, 0.5) is 0 Å². The molecule has 0 atom stereocenters. The van der Waals surface area contributed by atoms with Gasteiger partial charge in [0, 0.05) is 33.4 Å². The molecule has 0 fully saturated rings. The van der Waals surface area contributed by atoms with Crippen molar-refractivity contribution >= 4 is 0 Å². The third-order valence-electron chi connectivity index (χ3n) is 3.50. The predicted molar refractivity (Wildman–Crippen MR) is 74.7 cm³/mol. The number of methoxy groups -OCH3 is 1. The van der Waals surface area contributed by atoms with Gasteiger partial charge in [-0.1, -0.05) is 18.2 Å². The third kappa shape index (κ3) is 3.80. The Morgan fingerprint density at radius 2 is 2.22 bits per heavy atom. The first-order chi connectivity index (χ1) is 8.79. The van der Waals surface area contributed by atoms with Gasteiger partial charge in [0.25, 0.3) is 0 Å². The van der Waals surface area contributed by atoms with Crippen molar-refractivity contribution in [3.05, 3.63) is 34.9 Å². The van der Waals surface area contributed by atoms with E-state index in [2.05, 4.69) is 35.5 Å². The molecule has 0 saturated heterocycles. The van der Waals surface area contributed by atoms with E-state index in [-0.39, 0.29) is 0 Å². The molecule has 0 amide bonds. The molecular weight excluding hydrogens is 224 g/mol. The van der Waals surface area contributed by atoms with Gasteiger partial charge in [-0.2, -0.15) is 0 Å². The average Bonchev–Trinajstić information content (AvgIpc) is 2.39. The lowest BCUT2D eigenvalue weighted by Gasteiger charge is -2.20. The van der Waals surface area contributed by atoms with Crippen LogP contribution in [-0.2, 0) is 24.2 Å². The molecule has 1 aromatic rings.